The van der Waals surface area contributed by atoms with Gasteiger partial charge in [-0.25, -0.2) is 4.39 Å². The fourth-order valence-electron chi connectivity index (χ4n) is 3.86. The normalized spacial score (nSPS) is 16.2. The molecule has 4 nitrogen and oxygen atoms in total. The molecule has 0 saturated carbocycles. The van der Waals surface area contributed by atoms with Gasteiger partial charge in [-0.2, -0.15) is 13.2 Å². The highest BCUT2D eigenvalue weighted by Crippen LogP contribution is 2.44. The van der Waals surface area contributed by atoms with Gasteiger partial charge < -0.3 is 14.7 Å². The number of ether oxygens (including phenoxy) is 1. The maximum absolute atomic E-state index is 14.0. The topological polar surface area (TPSA) is 45.1 Å². The van der Waals surface area contributed by atoms with Crippen LogP contribution in [0, 0.1) is 5.82 Å². The lowest BCUT2D eigenvalue weighted by Crippen LogP contribution is -2.56. The van der Waals surface area contributed by atoms with Gasteiger partial charge in [0.05, 0.1) is 19.0 Å². The first kappa shape index (κ1) is 22.1. The van der Waals surface area contributed by atoms with Gasteiger partial charge >= 0.3 is 6.18 Å². The Kier molecular flexibility index (Phi) is 5.82. The number of fused-ring (bicyclic) bond motifs is 1. The predicted molar refractivity (Wildman–Crippen MR) is 105 cm³/mol. The van der Waals surface area contributed by atoms with Gasteiger partial charge in [0, 0.05) is 17.0 Å². The molecule has 0 fully saturated rings. The van der Waals surface area contributed by atoms with E-state index in [2.05, 4.69) is 4.99 Å². The van der Waals surface area contributed by atoms with E-state index in [-0.39, 0.29) is 18.0 Å². The molecule has 3 rings (SSSR count). The Hall–Kier alpha value is -2.61. The monoisotopic (exact) mass is 424 g/mol. The number of benzene rings is 2. The van der Waals surface area contributed by atoms with Crippen LogP contribution in [0.2, 0.25) is 0 Å². The molecule has 8 heteroatoms. The summed E-state index contributed by atoms with van der Waals surface area (Å²) in [5.41, 5.74) is -4.03. The second-order valence-corrected chi connectivity index (χ2v) is 8.17. The molecule has 0 aromatic heterocycles. The van der Waals surface area contributed by atoms with Gasteiger partial charge in [0.1, 0.15) is 18.2 Å². The van der Waals surface area contributed by atoms with Crippen LogP contribution in [0.3, 0.4) is 0 Å². The van der Waals surface area contributed by atoms with Crippen molar-refractivity contribution in [2.45, 2.75) is 37.5 Å². The molecule has 0 radical (unpaired) electrons. The van der Waals surface area contributed by atoms with Gasteiger partial charge in [0.2, 0.25) is 0 Å². The largest absolute Gasteiger partial charge is 0.496 e. The van der Waals surface area contributed by atoms with Crippen LogP contribution in [0.15, 0.2) is 47.5 Å². The Morgan fingerprint density at radius 3 is 2.50 bits per heavy atom. The maximum Gasteiger partial charge on any atom is 0.418 e. The van der Waals surface area contributed by atoms with E-state index in [1.54, 1.807) is 30.5 Å². The summed E-state index contributed by atoms with van der Waals surface area (Å²) in [6, 6.07) is 10.8. The number of hydrogen-bond acceptors (Lipinski definition) is 4. The summed E-state index contributed by atoms with van der Waals surface area (Å²) in [6.45, 7) is 2.36. The molecule has 0 saturated heterocycles. The molecule has 0 spiro atoms. The average Bonchev–Trinajstić information content (AvgIpc) is 2.66. The van der Waals surface area contributed by atoms with E-state index in [9.17, 15) is 22.7 Å². The molecule has 0 bridgehead atoms. The summed E-state index contributed by atoms with van der Waals surface area (Å²) >= 11 is 0. The van der Waals surface area contributed by atoms with E-state index in [1.165, 1.54) is 38.0 Å². The van der Waals surface area contributed by atoms with E-state index in [1.807, 2.05) is 0 Å². The molecule has 2 aromatic rings. The molecule has 162 valence electrons. The molecular weight excluding hydrogens is 400 g/mol. The van der Waals surface area contributed by atoms with E-state index in [0.29, 0.717) is 10.6 Å². The lowest BCUT2D eigenvalue weighted by molar-refractivity contribution is -0.269. The van der Waals surface area contributed by atoms with Crippen LogP contribution in [0.25, 0.3) is 6.20 Å². The number of hydrogen-bond donors (Lipinski definition) is 1. The maximum atomic E-state index is 14.0. The highest BCUT2D eigenvalue weighted by molar-refractivity contribution is 5.40. The van der Waals surface area contributed by atoms with Crippen LogP contribution in [0.1, 0.15) is 25.8 Å². The molecular formula is C22H24F4N2O2. The molecule has 30 heavy (non-hydrogen) atoms. The van der Waals surface area contributed by atoms with Crippen LogP contribution in [-0.4, -0.2) is 42.1 Å². The number of methoxy groups -OCH3 is 1. The SMILES string of the molecule is COc1ccc(F)cc1C(C)(C)CC(O)(CN1C=c2ccccc2=NC1)C(F)(F)F. The summed E-state index contributed by atoms with van der Waals surface area (Å²) in [7, 11) is 1.37. The molecule has 1 N–H and O–H groups in total. The minimum Gasteiger partial charge on any atom is -0.496 e. The summed E-state index contributed by atoms with van der Waals surface area (Å²) < 4.78 is 61.2. The zero-order valence-electron chi connectivity index (χ0n) is 17.0. The molecule has 1 aliphatic heterocycles. The van der Waals surface area contributed by atoms with Crippen LogP contribution in [-0.2, 0) is 5.41 Å². The quantitative estimate of drug-likeness (QED) is 0.725. The summed E-state index contributed by atoms with van der Waals surface area (Å²) in [4.78, 5) is 5.62. The lowest BCUT2D eigenvalue weighted by Gasteiger charge is -2.40. The number of β-amino-alcohol motifs (C(OH)–C–C–N with tert-alkyl or cyclic N) is 1. The number of alkyl halides is 3. The van der Waals surface area contributed by atoms with Crippen LogP contribution < -0.4 is 15.3 Å². The van der Waals surface area contributed by atoms with Crippen molar-refractivity contribution in [2.24, 2.45) is 4.99 Å². The van der Waals surface area contributed by atoms with Crippen molar-refractivity contribution in [3.05, 3.63) is 64.4 Å². The van der Waals surface area contributed by atoms with Crippen molar-refractivity contribution in [3.63, 3.8) is 0 Å². The Morgan fingerprint density at radius 1 is 1.13 bits per heavy atom. The van der Waals surface area contributed by atoms with Gasteiger partial charge in [-0.3, -0.25) is 4.99 Å². The fourth-order valence-corrected chi connectivity index (χ4v) is 3.86. The molecule has 0 aliphatic carbocycles. The highest BCUT2D eigenvalue weighted by atomic mass is 19.4. The first-order valence-corrected chi connectivity index (χ1v) is 9.44. The van der Waals surface area contributed by atoms with Crippen molar-refractivity contribution in [3.8, 4) is 5.75 Å². The average molecular weight is 424 g/mol. The third-order valence-corrected chi connectivity index (χ3v) is 5.30. The van der Waals surface area contributed by atoms with Crippen LogP contribution >= 0.6 is 0 Å². The molecule has 1 atom stereocenters. The van der Waals surface area contributed by atoms with Gasteiger partial charge in [-0.1, -0.05) is 32.0 Å². The second-order valence-electron chi connectivity index (χ2n) is 8.17. The third-order valence-electron chi connectivity index (χ3n) is 5.30. The minimum atomic E-state index is -4.91. The standard InChI is InChI=1S/C22H24F4N2O2/c1-20(2,17-10-16(23)8-9-19(17)30-3)12-21(29,22(24,25)26)13-28-11-15-6-4-5-7-18(15)27-14-28/h4-11,29H,12-14H2,1-3H3. The molecule has 1 heterocycles. The zero-order chi connectivity index (χ0) is 22.2. The summed E-state index contributed by atoms with van der Waals surface area (Å²) in [6.07, 6.45) is -4.03. The predicted octanol–water partition coefficient (Wildman–Crippen LogP) is 3.13. The molecule has 1 unspecified atom stereocenters. The Labute approximate surface area is 172 Å². The first-order valence-electron chi connectivity index (χ1n) is 9.44. The summed E-state index contributed by atoms with van der Waals surface area (Å²) in [5.74, 6) is -0.325. The van der Waals surface area contributed by atoms with Crippen LogP contribution in [0.5, 0.6) is 5.75 Å². The smallest absolute Gasteiger partial charge is 0.418 e. The van der Waals surface area contributed by atoms with Gasteiger partial charge in [-0.15, -0.1) is 0 Å². The van der Waals surface area contributed by atoms with E-state index >= 15 is 0 Å². The van der Waals surface area contributed by atoms with Gasteiger partial charge in [0.15, 0.2) is 5.60 Å². The Morgan fingerprint density at radius 2 is 1.83 bits per heavy atom. The number of para-hydroxylation sites is 1. The third kappa shape index (κ3) is 4.43. The van der Waals surface area contributed by atoms with Crippen molar-refractivity contribution >= 4 is 6.20 Å². The van der Waals surface area contributed by atoms with Crippen molar-refractivity contribution in [1.29, 1.82) is 0 Å². The minimum absolute atomic E-state index is 0.000875. The number of rotatable bonds is 6. The molecule has 1 aliphatic rings. The van der Waals surface area contributed by atoms with Crippen molar-refractivity contribution in [1.82, 2.24) is 4.90 Å². The number of halogens is 4. The van der Waals surface area contributed by atoms with Gasteiger partial charge in [0.25, 0.3) is 0 Å². The highest BCUT2D eigenvalue weighted by Gasteiger charge is 2.56. The van der Waals surface area contributed by atoms with Crippen molar-refractivity contribution in [2.75, 3.05) is 20.3 Å². The Bertz CT molecular complexity index is 1040. The molecule has 2 aromatic carbocycles. The first-order chi connectivity index (χ1) is 13.9. The second kappa shape index (κ2) is 7.91. The van der Waals surface area contributed by atoms with E-state index in [0.717, 1.165) is 6.07 Å². The fraction of sp³-hybridized carbons (Fsp3) is 0.409. The number of aliphatic hydroxyl groups is 1. The van der Waals surface area contributed by atoms with Crippen molar-refractivity contribution < 1.29 is 27.4 Å². The van der Waals surface area contributed by atoms with Crippen LogP contribution in [0.4, 0.5) is 17.6 Å². The zero-order valence-corrected chi connectivity index (χ0v) is 17.0. The summed E-state index contributed by atoms with van der Waals surface area (Å²) in [5, 5.41) is 12.2. The lowest BCUT2D eigenvalue weighted by atomic mass is 9.74. The van der Waals surface area contributed by atoms with E-state index in [4.69, 9.17) is 4.74 Å². The van der Waals surface area contributed by atoms with E-state index < -0.39 is 36.0 Å². The van der Waals surface area contributed by atoms with Gasteiger partial charge in [-0.05, 0) is 36.1 Å². The Balaban J connectivity index is 1.95. The number of nitrogens with zero attached hydrogens (tertiary/aromatic N) is 2. The molecule has 0 amide bonds.